The smallest absolute Gasteiger partial charge is 0.433 e. The molecule has 10 heteroatoms. The predicted molar refractivity (Wildman–Crippen MR) is 143 cm³/mol. The Hall–Kier alpha value is -3.01. The molecule has 1 aromatic carbocycles. The lowest BCUT2D eigenvalue weighted by Gasteiger charge is -2.66. The van der Waals surface area contributed by atoms with Gasteiger partial charge in [0.15, 0.2) is 11.5 Å². The van der Waals surface area contributed by atoms with E-state index in [4.69, 9.17) is 4.74 Å². The Morgan fingerprint density at radius 2 is 1.98 bits per heavy atom. The zero-order valence-electron chi connectivity index (χ0n) is 23.2. The molecule has 2 amide bonds. The molecule has 3 saturated heterocycles. The number of phenolic OH excluding ortho intramolecular Hbond substituents is 1. The van der Waals surface area contributed by atoms with Crippen LogP contribution >= 0.6 is 0 Å². The summed E-state index contributed by atoms with van der Waals surface area (Å²) >= 11 is 0. The van der Waals surface area contributed by atoms with E-state index in [-0.39, 0.29) is 47.0 Å². The van der Waals surface area contributed by atoms with E-state index in [1.54, 1.807) is 13.1 Å². The summed E-state index contributed by atoms with van der Waals surface area (Å²) in [5, 5.41) is 10.9. The van der Waals surface area contributed by atoms with Crippen LogP contribution < -0.4 is 4.74 Å². The molecule has 1 aromatic heterocycles. The van der Waals surface area contributed by atoms with Crippen molar-refractivity contribution in [2.75, 3.05) is 26.7 Å². The first kappa shape index (κ1) is 25.7. The molecular weight excluding hydrogens is 533 g/mol. The highest BCUT2D eigenvalue weighted by atomic mass is 19.4. The summed E-state index contributed by atoms with van der Waals surface area (Å²) in [6, 6.07) is 7.63. The number of aromatic hydroxyl groups is 1. The van der Waals surface area contributed by atoms with Crippen molar-refractivity contribution in [2.24, 2.45) is 11.3 Å². The Morgan fingerprint density at radius 1 is 1.15 bits per heavy atom. The zero-order chi connectivity index (χ0) is 28.3. The number of pyridine rings is 1. The summed E-state index contributed by atoms with van der Waals surface area (Å²) in [6.07, 6.45) is 2.37. The van der Waals surface area contributed by atoms with E-state index in [1.807, 2.05) is 4.90 Å². The second-order valence-corrected chi connectivity index (χ2v) is 13.2. The van der Waals surface area contributed by atoms with Crippen molar-refractivity contribution in [1.29, 1.82) is 0 Å². The number of amides is 2. The molecule has 2 aromatic rings. The number of aromatic nitrogens is 1. The number of carbonyl (C=O) groups is 1. The minimum Gasteiger partial charge on any atom is -0.504 e. The molecule has 3 aliphatic carbocycles. The lowest BCUT2D eigenvalue weighted by molar-refractivity contribution is -0.141. The number of fused-ring (bicyclic) bond motifs is 3. The van der Waals surface area contributed by atoms with Gasteiger partial charge < -0.3 is 19.6 Å². The molecule has 5 heterocycles. The van der Waals surface area contributed by atoms with Crippen LogP contribution in [0.15, 0.2) is 30.3 Å². The number of alkyl halides is 3. The zero-order valence-corrected chi connectivity index (χ0v) is 23.2. The van der Waals surface area contributed by atoms with Gasteiger partial charge in [-0.05, 0) is 81.2 Å². The van der Waals surface area contributed by atoms with Crippen molar-refractivity contribution in [1.82, 2.24) is 19.7 Å². The van der Waals surface area contributed by atoms with E-state index in [0.717, 1.165) is 57.2 Å². The number of carbonyl (C=O) groups excluding carboxylic acids is 1. The standard InChI is InChI=1S/C31H35F3N4O3/c1-36(17-20-3-2-4-23(35-20)31(32,33)34)28(40)38-14-11-29-10-9-21(38)27-30(29)12-13-37(16-18-5-6-18)24(29)15-19-7-8-22(39)26(41-27)25(19)30/h2-4,7-8,18,21,24,27,39H,5-6,9-17H2,1H3/t21-,24-,27+,29-,30+/m1/s1. The number of benzene rings is 1. The van der Waals surface area contributed by atoms with Gasteiger partial charge in [0.1, 0.15) is 11.8 Å². The van der Waals surface area contributed by atoms with Crippen LogP contribution in [0.25, 0.3) is 0 Å². The highest BCUT2D eigenvalue weighted by molar-refractivity contribution is 5.75. The van der Waals surface area contributed by atoms with Crippen LogP contribution in [0.4, 0.5) is 18.0 Å². The first-order chi connectivity index (χ1) is 19.6. The van der Waals surface area contributed by atoms with Gasteiger partial charge in [-0.2, -0.15) is 13.2 Å². The number of likely N-dealkylation sites (tertiary alicyclic amines) is 1. The molecule has 4 aliphatic heterocycles. The van der Waals surface area contributed by atoms with Gasteiger partial charge in [0.2, 0.25) is 0 Å². The lowest BCUT2D eigenvalue weighted by Crippen LogP contribution is -2.73. The molecule has 0 unspecified atom stereocenters. The Labute approximate surface area is 237 Å². The summed E-state index contributed by atoms with van der Waals surface area (Å²) in [7, 11) is 1.63. The number of phenols is 1. The van der Waals surface area contributed by atoms with E-state index in [0.29, 0.717) is 18.3 Å². The largest absolute Gasteiger partial charge is 0.504 e. The monoisotopic (exact) mass is 568 g/mol. The minimum atomic E-state index is -4.54. The predicted octanol–water partition coefficient (Wildman–Crippen LogP) is 4.95. The van der Waals surface area contributed by atoms with Crippen LogP contribution in [0.5, 0.6) is 11.5 Å². The highest BCUT2D eigenvalue weighted by Gasteiger charge is 2.74. The molecule has 41 heavy (non-hydrogen) atoms. The SMILES string of the molecule is CN(Cc1cccc(C(F)(F)F)n1)C(=O)N1CC[C@@]23CC[C@@H]1[C@@H]1Oc4c(O)ccc5c4[C@@]12CCN(CC1CC1)[C@@H]3C5. The molecule has 1 N–H and O–H groups in total. The van der Waals surface area contributed by atoms with Crippen LogP contribution in [0.1, 0.15) is 61.0 Å². The highest BCUT2D eigenvalue weighted by Crippen LogP contribution is 2.71. The van der Waals surface area contributed by atoms with E-state index in [1.165, 1.54) is 41.0 Å². The van der Waals surface area contributed by atoms with E-state index in [9.17, 15) is 23.1 Å². The van der Waals surface area contributed by atoms with Gasteiger partial charge in [-0.25, -0.2) is 9.78 Å². The van der Waals surface area contributed by atoms with Gasteiger partial charge in [-0.3, -0.25) is 4.90 Å². The van der Waals surface area contributed by atoms with Crippen molar-refractivity contribution < 1.29 is 27.8 Å². The van der Waals surface area contributed by atoms with Gasteiger partial charge in [0, 0.05) is 42.6 Å². The number of halogens is 3. The molecule has 4 bridgehead atoms. The molecule has 2 saturated carbocycles. The van der Waals surface area contributed by atoms with Gasteiger partial charge in [0.25, 0.3) is 0 Å². The molecule has 5 fully saturated rings. The Morgan fingerprint density at radius 3 is 2.76 bits per heavy atom. The van der Waals surface area contributed by atoms with Crippen molar-refractivity contribution in [2.45, 2.75) is 81.3 Å². The molecular formula is C31H35F3N4O3. The molecule has 7 nitrogen and oxygen atoms in total. The maximum absolute atomic E-state index is 14.1. The summed E-state index contributed by atoms with van der Waals surface area (Å²) in [4.78, 5) is 24.0. The average Bonchev–Trinajstić information content (AvgIpc) is 3.73. The summed E-state index contributed by atoms with van der Waals surface area (Å²) in [6.45, 7) is 2.70. The number of ether oxygens (including phenoxy) is 1. The second kappa shape index (κ2) is 8.52. The number of hydrogen-bond acceptors (Lipinski definition) is 5. The number of urea groups is 1. The Balaban J connectivity index is 1.15. The number of rotatable bonds is 4. The van der Waals surface area contributed by atoms with Crippen LogP contribution in [0.3, 0.4) is 0 Å². The van der Waals surface area contributed by atoms with E-state index in [2.05, 4.69) is 16.0 Å². The number of nitrogens with zero attached hydrogens (tertiary/aromatic N) is 4. The first-order valence-electron chi connectivity index (χ1n) is 14.9. The summed E-state index contributed by atoms with van der Waals surface area (Å²) in [5.74, 6) is 1.56. The van der Waals surface area contributed by atoms with Crippen LogP contribution in [0.2, 0.25) is 0 Å². The van der Waals surface area contributed by atoms with Crippen molar-refractivity contribution in [3.63, 3.8) is 0 Å². The molecule has 7 aliphatic rings. The normalized spacial score (nSPS) is 33.3. The summed E-state index contributed by atoms with van der Waals surface area (Å²) < 4.78 is 46.5. The minimum absolute atomic E-state index is 0.0171. The van der Waals surface area contributed by atoms with Crippen molar-refractivity contribution in [3.8, 4) is 11.5 Å². The second-order valence-electron chi connectivity index (χ2n) is 13.2. The fourth-order valence-electron chi connectivity index (χ4n) is 9.48. The van der Waals surface area contributed by atoms with E-state index >= 15 is 0 Å². The Kier molecular flexibility index (Phi) is 5.34. The van der Waals surface area contributed by atoms with E-state index < -0.39 is 11.9 Å². The van der Waals surface area contributed by atoms with Gasteiger partial charge >= 0.3 is 12.2 Å². The topological polar surface area (TPSA) is 69.1 Å². The van der Waals surface area contributed by atoms with Crippen LogP contribution in [-0.2, 0) is 24.6 Å². The fraction of sp³-hybridized carbons (Fsp3) is 0.613. The third-order valence-corrected chi connectivity index (χ3v) is 11.3. The number of hydrogen-bond donors (Lipinski definition) is 1. The molecule has 0 radical (unpaired) electrons. The van der Waals surface area contributed by atoms with Crippen LogP contribution in [0, 0.1) is 11.3 Å². The molecule has 2 spiro atoms. The maximum atomic E-state index is 14.1. The maximum Gasteiger partial charge on any atom is 0.433 e. The number of piperidine rings is 1. The third kappa shape index (κ3) is 3.49. The molecule has 9 rings (SSSR count). The van der Waals surface area contributed by atoms with Crippen molar-refractivity contribution >= 4 is 6.03 Å². The van der Waals surface area contributed by atoms with Gasteiger partial charge in [-0.1, -0.05) is 12.1 Å². The first-order valence-corrected chi connectivity index (χ1v) is 14.9. The molecule has 218 valence electrons. The Bertz CT molecular complexity index is 1430. The van der Waals surface area contributed by atoms with Gasteiger partial charge in [-0.15, -0.1) is 0 Å². The van der Waals surface area contributed by atoms with Gasteiger partial charge in [0.05, 0.1) is 18.3 Å². The molecule has 5 atom stereocenters. The fourth-order valence-corrected chi connectivity index (χ4v) is 9.48. The quantitative estimate of drug-likeness (QED) is 0.566. The van der Waals surface area contributed by atoms with Crippen molar-refractivity contribution in [3.05, 3.63) is 52.8 Å². The lowest BCUT2D eigenvalue weighted by atomic mass is 9.42. The summed E-state index contributed by atoms with van der Waals surface area (Å²) in [5.41, 5.74) is 1.40. The average molecular weight is 569 g/mol. The third-order valence-electron chi connectivity index (χ3n) is 11.3. The van der Waals surface area contributed by atoms with Crippen LogP contribution in [-0.4, -0.2) is 75.7 Å².